The predicted octanol–water partition coefficient (Wildman–Crippen LogP) is 5.24. The lowest BCUT2D eigenvalue weighted by Gasteiger charge is -2.45. The molecule has 5 nitrogen and oxygen atoms in total. The number of ether oxygens (including phenoxy) is 1. The Morgan fingerprint density at radius 2 is 2.10 bits per heavy atom. The number of carbonyl (C=O) groups excluding carboxylic acids is 1. The summed E-state index contributed by atoms with van der Waals surface area (Å²) in [5.74, 6) is 0.557. The van der Waals surface area contributed by atoms with E-state index < -0.39 is 0 Å². The zero-order valence-electron chi connectivity index (χ0n) is 17.0. The molecule has 0 aromatic heterocycles. The van der Waals surface area contributed by atoms with Crippen LogP contribution in [0.1, 0.15) is 44.2 Å². The van der Waals surface area contributed by atoms with Gasteiger partial charge < -0.3 is 9.64 Å². The standard InChI is InChI=1S/C22H25Cl2N3O2/c1-14-11-22(2,3)27(4)20-10-19(24)15(8-18(14)20)12-25-26-21(28)13-29-17-7-5-6-16(23)9-17/h5-10,12,14H,11,13H2,1-4H3,(H,26,28)/b25-12+. The van der Waals surface area contributed by atoms with Crippen molar-refractivity contribution >= 4 is 41.0 Å². The van der Waals surface area contributed by atoms with E-state index in [-0.39, 0.29) is 18.1 Å². The Hall–Kier alpha value is -2.24. The highest BCUT2D eigenvalue weighted by atomic mass is 35.5. The Kier molecular flexibility index (Phi) is 6.39. The molecular formula is C22H25Cl2N3O2. The fraction of sp³-hybridized carbons (Fsp3) is 0.364. The van der Waals surface area contributed by atoms with Gasteiger partial charge in [-0.1, -0.05) is 36.2 Å². The Morgan fingerprint density at radius 3 is 2.83 bits per heavy atom. The van der Waals surface area contributed by atoms with Crippen molar-refractivity contribution in [3.8, 4) is 5.75 Å². The number of hydrazone groups is 1. The van der Waals surface area contributed by atoms with Gasteiger partial charge in [-0.15, -0.1) is 0 Å². The average Bonchev–Trinajstić information content (AvgIpc) is 2.65. The minimum atomic E-state index is -0.370. The van der Waals surface area contributed by atoms with Crippen molar-refractivity contribution in [3.63, 3.8) is 0 Å². The minimum Gasteiger partial charge on any atom is -0.484 e. The van der Waals surface area contributed by atoms with E-state index in [4.69, 9.17) is 27.9 Å². The SMILES string of the molecule is CC1CC(C)(C)N(C)c2cc(Cl)c(/C=N/NC(=O)COc3cccc(Cl)c3)cc21. The fourth-order valence-corrected chi connectivity index (χ4v) is 4.00. The molecule has 0 spiro atoms. The van der Waals surface area contributed by atoms with Crippen LogP contribution < -0.4 is 15.1 Å². The molecule has 1 atom stereocenters. The van der Waals surface area contributed by atoms with Crippen LogP contribution in [0.5, 0.6) is 5.75 Å². The van der Waals surface area contributed by atoms with Gasteiger partial charge >= 0.3 is 0 Å². The zero-order chi connectivity index (χ0) is 21.2. The number of carbonyl (C=O) groups is 1. The molecule has 2 aromatic carbocycles. The van der Waals surface area contributed by atoms with Gasteiger partial charge in [-0.05, 0) is 62.1 Å². The summed E-state index contributed by atoms with van der Waals surface area (Å²) in [5, 5.41) is 5.16. The van der Waals surface area contributed by atoms with E-state index in [1.807, 2.05) is 12.1 Å². The van der Waals surface area contributed by atoms with Gasteiger partial charge in [0.1, 0.15) is 5.75 Å². The van der Waals surface area contributed by atoms with E-state index in [1.54, 1.807) is 30.5 Å². The minimum absolute atomic E-state index is 0.0717. The highest BCUT2D eigenvalue weighted by Gasteiger charge is 2.34. The lowest BCUT2D eigenvalue weighted by atomic mass is 9.80. The second kappa shape index (κ2) is 8.64. The second-order valence-electron chi connectivity index (χ2n) is 7.95. The van der Waals surface area contributed by atoms with Gasteiger partial charge in [0.25, 0.3) is 5.91 Å². The number of rotatable bonds is 5. The van der Waals surface area contributed by atoms with Crippen molar-refractivity contribution < 1.29 is 9.53 Å². The molecule has 154 valence electrons. The monoisotopic (exact) mass is 433 g/mol. The van der Waals surface area contributed by atoms with Gasteiger partial charge in [-0.2, -0.15) is 5.10 Å². The molecule has 29 heavy (non-hydrogen) atoms. The quantitative estimate of drug-likeness (QED) is 0.517. The number of anilines is 1. The molecule has 1 N–H and O–H groups in total. The summed E-state index contributed by atoms with van der Waals surface area (Å²) in [7, 11) is 2.09. The van der Waals surface area contributed by atoms with Crippen LogP contribution in [-0.2, 0) is 4.79 Å². The smallest absolute Gasteiger partial charge is 0.277 e. The lowest BCUT2D eigenvalue weighted by Crippen LogP contribution is -2.45. The summed E-state index contributed by atoms with van der Waals surface area (Å²) in [6.45, 7) is 6.53. The highest BCUT2D eigenvalue weighted by Crippen LogP contribution is 2.44. The van der Waals surface area contributed by atoms with E-state index in [0.29, 0.717) is 21.7 Å². The van der Waals surface area contributed by atoms with E-state index in [1.165, 1.54) is 5.56 Å². The highest BCUT2D eigenvalue weighted by molar-refractivity contribution is 6.33. The number of fused-ring (bicyclic) bond motifs is 1. The summed E-state index contributed by atoms with van der Waals surface area (Å²) < 4.78 is 5.39. The van der Waals surface area contributed by atoms with Crippen molar-refractivity contribution in [1.29, 1.82) is 0 Å². The van der Waals surface area contributed by atoms with Crippen LogP contribution in [0, 0.1) is 0 Å². The summed E-state index contributed by atoms with van der Waals surface area (Å²) >= 11 is 12.4. The molecule has 0 aliphatic carbocycles. The number of benzene rings is 2. The summed E-state index contributed by atoms with van der Waals surface area (Å²) in [6, 6.07) is 10.9. The molecule has 1 aliphatic heterocycles. The van der Waals surface area contributed by atoms with Gasteiger partial charge in [0.05, 0.1) is 11.2 Å². The van der Waals surface area contributed by atoms with Gasteiger partial charge in [0, 0.05) is 28.9 Å². The van der Waals surface area contributed by atoms with Crippen LogP contribution >= 0.6 is 23.2 Å². The molecule has 7 heteroatoms. The Morgan fingerprint density at radius 1 is 1.34 bits per heavy atom. The summed E-state index contributed by atoms with van der Waals surface area (Å²) in [4.78, 5) is 14.2. The van der Waals surface area contributed by atoms with E-state index in [9.17, 15) is 4.79 Å². The first-order chi connectivity index (χ1) is 13.7. The predicted molar refractivity (Wildman–Crippen MR) is 120 cm³/mol. The van der Waals surface area contributed by atoms with Crippen LogP contribution in [0.3, 0.4) is 0 Å². The number of halogens is 2. The molecule has 2 aromatic rings. The first kappa shape index (κ1) is 21.5. The Balaban J connectivity index is 1.65. The maximum absolute atomic E-state index is 12.0. The van der Waals surface area contributed by atoms with Crippen molar-refractivity contribution in [3.05, 3.63) is 57.6 Å². The van der Waals surface area contributed by atoms with E-state index in [0.717, 1.165) is 17.7 Å². The first-order valence-electron chi connectivity index (χ1n) is 9.45. The third-order valence-electron chi connectivity index (χ3n) is 5.31. The van der Waals surface area contributed by atoms with Gasteiger partial charge in [0.15, 0.2) is 6.61 Å². The zero-order valence-corrected chi connectivity index (χ0v) is 18.5. The molecular weight excluding hydrogens is 409 g/mol. The second-order valence-corrected chi connectivity index (χ2v) is 8.79. The van der Waals surface area contributed by atoms with Crippen LogP contribution in [0.4, 0.5) is 5.69 Å². The van der Waals surface area contributed by atoms with Crippen molar-refractivity contribution in [2.75, 3.05) is 18.6 Å². The van der Waals surface area contributed by atoms with Gasteiger partial charge in [-0.25, -0.2) is 5.43 Å². The molecule has 1 aliphatic rings. The topological polar surface area (TPSA) is 53.9 Å². The number of nitrogens with one attached hydrogen (secondary N) is 1. The Bertz CT molecular complexity index is 944. The molecule has 3 rings (SSSR count). The van der Waals surface area contributed by atoms with Crippen LogP contribution in [0.2, 0.25) is 10.0 Å². The molecule has 0 radical (unpaired) electrons. The maximum Gasteiger partial charge on any atom is 0.277 e. The largest absolute Gasteiger partial charge is 0.484 e. The van der Waals surface area contributed by atoms with E-state index in [2.05, 4.69) is 43.2 Å². The Labute approximate surface area is 181 Å². The number of amides is 1. The van der Waals surface area contributed by atoms with Gasteiger partial charge in [-0.3, -0.25) is 4.79 Å². The molecule has 0 saturated heterocycles. The number of nitrogens with zero attached hydrogens (tertiary/aromatic N) is 2. The van der Waals surface area contributed by atoms with Gasteiger partial charge in [0.2, 0.25) is 0 Å². The third kappa shape index (κ3) is 5.03. The number of hydrogen-bond acceptors (Lipinski definition) is 4. The maximum atomic E-state index is 12.0. The van der Waals surface area contributed by atoms with E-state index >= 15 is 0 Å². The third-order valence-corrected chi connectivity index (χ3v) is 5.87. The van der Waals surface area contributed by atoms with Crippen molar-refractivity contribution in [1.82, 2.24) is 5.43 Å². The van der Waals surface area contributed by atoms with Crippen LogP contribution in [-0.4, -0.2) is 31.3 Å². The molecule has 0 fully saturated rings. The van der Waals surface area contributed by atoms with Crippen LogP contribution in [0.25, 0.3) is 0 Å². The molecule has 1 heterocycles. The fourth-order valence-electron chi connectivity index (χ4n) is 3.62. The van der Waals surface area contributed by atoms with Crippen LogP contribution in [0.15, 0.2) is 41.5 Å². The lowest BCUT2D eigenvalue weighted by molar-refractivity contribution is -0.123. The normalized spacial score (nSPS) is 17.9. The molecule has 1 amide bonds. The summed E-state index contributed by atoms with van der Waals surface area (Å²) in [5.41, 5.74) is 5.66. The van der Waals surface area contributed by atoms with Crippen molar-refractivity contribution in [2.45, 2.75) is 38.6 Å². The summed E-state index contributed by atoms with van der Waals surface area (Å²) in [6.07, 6.45) is 2.61. The molecule has 0 saturated carbocycles. The number of hydrogen-bond donors (Lipinski definition) is 1. The first-order valence-corrected chi connectivity index (χ1v) is 10.2. The molecule has 1 unspecified atom stereocenters. The molecule has 0 bridgehead atoms. The average molecular weight is 434 g/mol. The van der Waals surface area contributed by atoms with Crippen molar-refractivity contribution in [2.24, 2.45) is 5.10 Å².